The molecule has 174 valence electrons. The summed E-state index contributed by atoms with van der Waals surface area (Å²) in [6, 6.07) is 10.3. The maximum Gasteiger partial charge on any atom is 0.259 e. The van der Waals surface area contributed by atoms with Crippen LogP contribution in [0, 0.1) is 0 Å². The van der Waals surface area contributed by atoms with E-state index in [0.29, 0.717) is 38.4 Å². The molecule has 35 heavy (non-hydrogen) atoms. The Labute approximate surface area is 195 Å². The van der Waals surface area contributed by atoms with Gasteiger partial charge in [0.2, 0.25) is 0 Å². The van der Waals surface area contributed by atoms with Crippen LogP contribution in [0.5, 0.6) is 0 Å². The van der Waals surface area contributed by atoms with Crippen molar-refractivity contribution in [3.8, 4) is 0 Å². The van der Waals surface area contributed by atoms with Crippen molar-refractivity contribution >= 4 is 55.6 Å². The summed E-state index contributed by atoms with van der Waals surface area (Å²) < 4.78 is 9.99. The number of rotatable bonds is 1. The smallest absolute Gasteiger partial charge is 0.259 e. The number of nitrogens with one attached hydrogen (secondary N) is 1. The third-order valence-electron chi connectivity index (χ3n) is 7.75. The molecular weight excluding hydrogens is 452 g/mol. The number of hydrogen-bond acceptors (Lipinski definition) is 7. The van der Waals surface area contributed by atoms with E-state index >= 15 is 0 Å². The monoisotopic (exact) mass is 470 g/mol. The highest BCUT2D eigenvalue weighted by Gasteiger charge is 2.51. The first-order valence-corrected chi connectivity index (χ1v) is 11.4. The predicted molar refractivity (Wildman–Crippen MR) is 124 cm³/mol. The third kappa shape index (κ3) is 2.05. The molecule has 8 rings (SSSR count). The minimum absolute atomic E-state index is 0.288. The molecule has 5 atom stereocenters. The van der Waals surface area contributed by atoms with Gasteiger partial charge >= 0.3 is 0 Å². The molecule has 3 aromatic heterocycles. The van der Waals surface area contributed by atoms with Gasteiger partial charge in [-0.25, -0.2) is 4.98 Å². The Morgan fingerprint density at radius 2 is 1.60 bits per heavy atom. The lowest BCUT2D eigenvalue weighted by molar-refractivity contribution is -0.224. The van der Waals surface area contributed by atoms with Crippen LogP contribution in [0.3, 0.4) is 0 Å². The summed E-state index contributed by atoms with van der Waals surface area (Å²) in [5.74, 6) is -0.940. The number of para-hydroxylation sites is 1. The highest BCUT2D eigenvalue weighted by atomic mass is 16.5. The number of benzene rings is 2. The zero-order chi connectivity index (χ0) is 23.7. The van der Waals surface area contributed by atoms with Gasteiger partial charge in [0.15, 0.2) is 6.23 Å². The van der Waals surface area contributed by atoms with E-state index in [1.807, 2.05) is 39.5 Å². The Bertz CT molecular complexity index is 1800. The molecule has 0 radical (unpaired) electrons. The van der Waals surface area contributed by atoms with Crippen LogP contribution in [-0.4, -0.2) is 66.2 Å². The average Bonchev–Trinajstić information content (AvgIpc) is 3.48. The van der Waals surface area contributed by atoms with Gasteiger partial charge in [0.1, 0.15) is 30.0 Å². The summed E-state index contributed by atoms with van der Waals surface area (Å²) in [7, 11) is 0. The Kier molecular flexibility index (Phi) is 3.47. The first-order chi connectivity index (χ1) is 17.0. The van der Waals surface area contributed by atoms with Crippen molar-refractivity contribution in [3.63, 3.8) is 0 Å². The molecule has 1 fully saturated rings. The van der Waals surface area contributed by atoms with E-state index in [0.717, 1.165) is 10.9 Å². The largest absolute Gasteiger partial charge is 0.394 e. The number of carbonyl (C=O) groups is 2. The van der Waals surface area contributed by atoms with Gasteiger partial charge in [0.05, 0.1) is 34.3 Å². The van der Waals surface area contributed by atoms with Crippen molar-refractivity contribution < 1.29 is 29.6 Å². The van der Waals surface area contributed by atoms with Gasteiger partial charge in [-0.05, 0) is 18.2 Å². The quantitative estimate of drug-likeness (QED) is 0.271. The Balaban J connectivity index is 1.70. The summed E-state index contributed by atoms with van der Waals surface area (Å²) in [5, 5.41) is 37.1. The Morgan fingerprint density at radius 1 is 0.914 bits per heavy atom. The van der Waals surface area contributed by atoms with Gasteiger partial charge in [0, 0.05) is 27.7 Å². The molecule has 10 heteroatoms. The molecule has 0 aliphatic carbocycles. The second-order valence-electron chi connectivity index (χ2n) is 9.33. The topological polar surface area (TPSA) is 139 Å². The molecule has 10 nitrogen and oxygen atoms in total. The minimum atomic E-state index is -1.34. The molecule has 0 spiro atoms. The number of hydrogen-bond donors (Lipinski definition) is 4. The van der Waals surface area contributed by atoms with Gasteiger partial charge in [-0.2, -0.15) is 0 Å². The summed E-state index contributed by atoms with van der Waals surface area (Å²) >= 11 is 0. The molecule has 1 saturated heterocycles. The zero-order valence-electron chi connectivity index (χ0n) is 18.0. The van der Waals surface area contributed by atoms with E-state index in [1.54, 1.807) is 12.3 Å². The molecule has 4 N–H and O–H groups in total. The Morgan fingerprint density at radius 3 is 2.37 bits per heavy atom. The second kappa shape index (κ2) is 6.23. The lowest BCUT2D eigenvalue weighted by Crippen LogP contribution is -2.55. The first-order valence-electron chi connectivity index (χ1n) is 11.4. The van der Waals surface area contributed by atoms with Gasteiger partial charge in [-0.15, -0.1) is 0 Å². The molecule has 5 aromatic rings. The summed E-state index contributed by atoms with van der Waals surface area (Å²) in [4.78, 5) is 30.8. The first kappa shape index (κ1) is 19.5. The summed E-state index contributed by atoms with van der Waals surface area (Å²) in [6.07, 6.45) is -2.82. The van der Waals surface area contributed by atoms with Crippen LogP contribution in [0.1, 0.15) is 33.0 Å². The van der Waals surface area contributed by atoms with Gasteiger partial charge < -0.3 is 29.2 Å². The predicted octanol–water partition coefficient (Wildman–Crippen LogP) is 1.35. The van der Waals surface area contributed by atoms with E-state index in [9.17, 15) is 24.9 Å². The van der Waals surface area contributed by atoms with Crippen molar-refractivity contribution in [3.05, 3.63) is 53.7 Å². The number of imide groups is 1. The van der Waals surface area contributed by atoms with Gasteiger partial charge in [-0.3, -0.25) is 14.9 Å². The minimum Gasteiger partial charge on any atom is -0.394 e. The van der Waals surface area contributed by atoms with Crippen LogP contribution >= 0.6 is 0 Å². The van der Waals surface area contributed by atoms with Crippen LogP contribution in [-0.2, 0) is 4.74 Å². The number of fused-ring (bicyclic) bond motifs is 12. The second-order valence-corrected chi connectivity index (χ2v) is 9.33. The molecule has 3 aliphatic rings. The maximum absolute atomic E-state index is 13.1. The molecule has 3 aliphatic heterocycles. The number of aliphatic hydroxyl groups excluding tert-OH is 3. The van der Waals surface area contributed by atoms with Crippen LogP contribution < -0.4 is 5.32 Å². The molecule has 0 saturated carbocycles. The molecule has 2 amide bonds. The van der Waals surface area contributed by atoms with Crippen molar-refractivity contribution in [2.24, 2.45) is 0 Å². The summed E-state index contributed by atoms with van der Waals surface area (Å²) in [5.41, 5.74) is 3.19. The fourth-order valence-electron chi connectivity index (χ4n) is 6.44. The van der Waals surface area contributed by atoms with E-state index in [4.69, 9.17) is 4.74 Å². The van der Waals surface area contributed by atoms with Crippen molar-refractivity contribution in [1.82, 2.24) is 19.4 Å². The molecule has 0 unspecified atom stereocenters. The zero-order valence-corrected chi connectivity index (χ0v) is 18.0. The van der Waals surface area contributed by atoms with Crippen molar-refractivity contribution in [2.75, 3.05) is 6.61 Å². The van der Waals surface area contributed by atoms with Crippen molar-refractivity contribution in [2.45, 2.75) is 30.6 Å². The number of pyridine rings is 1. The van der Waals surface area contributed by atoms with Crippen LogP contribution in [0.25, 0.3) is 43.7 Å². The molecular formula is C25H18N4O6. The number of amides is 2. The molecule has 0 bridgehead atoms. The maximum atomic E-state index is 13.1. The van der Waals surface area contributed by atoms with Crippen LogP contribution in [0.2, 0.25) is 0 Å². The number of carbonyl (C=O) groups excluding carboxylic acids is 2. The van der Waals surface area contributed by atoms with Crippen molar-refractivity contribution in [1.29, 1.82) is 0 Å². The fraction of sp³-hybridized carbons (Fsp3) is 0.240. The highest BCUT2D eigenvalue weighted by Crippen LogP contribution is 2.53. The molecule has 2 aromatic carbocycles. The van der Waals surface area contributed by atoms with Gasteiger partial charge in [-0.1, -0.05) is 18.2 Å². The third-order valence-corrected chi connectivity index (χ3v) is 7.75. The van der Waals surface area contributed by atoms with E-state index in [-0.39, 0.29) is 5.56 Å². The Hall–Kier alpha value is -3.83. The van der Waals surface area contributed by atoms with E-state index in [2.05, 4.69) is 10.3 Å². The lowest BCUT2D eigenvalue weighted by Gasteiger charge is -2.46. The average molecular weight is 470 g/mol. The number of aromatic nitrogens is 3. The fourth-order valence-corrected chi connectivity index (χ4v) is 6.44. The number of ether oxygens (including phenoxy) is 1. The number of aliphatic hydroxyl groups is 3. The summed E-state index contributed by atoms with van der Waals surface area (Å²) in [6.45, 7) is -0.474. The van der Waals surface area contributed by atoms with Crippen LogP contribution in [0.15, 0.2) is 42.6 Å². The SMILES string of the molecule is O=C1NC(=O)c2c1c1c3cccnc3n3c1c1c2c2ccccc2n1[C@@H]1O[C@H](CO)[C@@H](O)[C@H](O)[C@@H]13. The molecule has 6 heterocycles. The van der Waals surface area contributed by atoms with E-state index < -0.39 is 49.0 Å². The number of nitrogens with zero attached hydrogens (tertiary/aromatic N) is 3. The normalized spacial score (nSPS) is 27.3. The highest BCUT2D eigenvalue weighted by molar-refractivity contribution is 6.39. The lowest BCUT2D eigenvalue weighted by atomic mass is 9.93. The van der Waals surface area contributed by atoms with Gasteiger partial charge in [0.25, 0.3) is 11.8 Å². The standard InChI is InChI=1S/C25H18N4O6/c30-8-12-20(31)21(32)19-25(35-12)28-11-6-2-1-4-9(11)13-15-16(24(34)27-23(15)33)14-10-5-3-7-26-22(10)29(19)18(14)17(13)28/h1-7,12,19-21,25,30-32H,8H2,(H,27,33,34)/t12-,19+,20-,21-,25-/m1/s1. The van der Waals surface area contributed by atoms with Crippen LogP contribution in [0.4, 0.5) is 0 Å². The van der Waals surface area contributed by atoms with E-state index in [1.165, 1.54) is 0 Å².